The molecule has 0 bridgehead atoms. The molecule has 124 valence electrons. The lowest BCUT2D eigenvalue weighted by Crippen LogP contribution is -2.28. The summed E-state index contributed by atoms with van der Waals surface area (Å²) in [4.78, 5) is 0. The minimum absolute atomic E-state index is 0.209. The van der Waals surface area contributed by atoms with E-state index in [0.29, 0.717) is 12.3 Å². The van der Waals surface area contributed by atoms with Gasteiger partial charge in [-0.05, 0) is 17.7 Å². The fraction of sp³-hybridized carbons (Fsp3) is 0.158. The SMILES string of the molecule is CS(=O)(=O)N(Cc1ccccc1)Cc1ccc(-c2ccccc2)o1. The molecule has 0 fully saturated rings. The molecule has 0 atom stereocenters. The maximum absolute atomic E-state index is 12.1. The van der Waals surface area contributed by atoms with Gasteiger partial charge < -0.3 is 4.42 Å². The van der Waals surface area contributed by atoms with E-state index in [4.69, 9.17) is 4.42 Å². The number of benzene rings is 2. The lowest BCUT2D eigenvalue weighted by molar-refractivity contribution is 0.364. The van der Waals surface area contributed by atoms with E-state index in [0.717, 1.165) is 16.9 Å². The third kappa shape index (κ3) is 4.13. The molecule has 1 heterocycles. The van der Waals surface area contributed by atoms with Crippen LogP contribution >= 0.6 is 0 Å². The van der Waals surface area contributed by atoms with Gasteiger partial charge in [0, 0.05) is 12.1 Å². The fourth-order valence-electron chi connectivity index (χ4n) is 2.47. The molecular weight excluding hydrogens is 322 g/mol. The maximum Gasteiger partial charge on any atom is 0.211 e. The van der Waals surface area contributed by atoms with Crippen molar-refractivity contribution in [2.45, 2.75) is 13.1 Å². The van der Waals surface area contributed by atoms with Crippen LogP contribution in [0.25, 0.3) is 11.3 Å². The molecule has 1 aromatic heterocycles. The van der Waals surface area contributed by atoms with Gasteiger partial charge in [-0.2, -0.15) is 4.31 Å². The molecule has 5 heteroatoms. The molecule has 24 heavy (non-hydrogen) atoms. The summed E-state index contributed by atoms with van der Waals surface area (Å²) in [5.41, 5.74) is 1.91. The van der Waals surface area contributed by atoms with Crippen molar-refractivity contribution in [2.75, 3.05) is 6.26 Å². The van der Waals surface area contributed by atoms with Crippen LogP contribution in [0, 0.1) is 0 Å². The summed E-state index contributed by atoms with van der Waals surface area (Å²) in [6.07, 6.45) is 1.22. The highest BCUT2D eigenvalue weighted by atomic mass is 32.2. The van der Waals surface area contributed by atoms with Crippen LogP contribution in [0.5, 0.6) is 0 Å². The molecule has 0 amide bonds. The van der Waals surface area contributed by atoms with Crippen LogP contribution in [0.4, 0.5) is 0 Å². The predicted octanol–water partition coefficient (Wildman–Crippen LogP) is 3.91. The van der Waals surface area contributed by atoms with Crippen LogP contribution in [-0.2, 0) is 23.1 Å². The molecule has 0 aliphatic carbocycles. The highest BCUT2D eigenvalue weighted by Crippen LogP contribution is 2.23. The van der Waals surface area contributed by atoms with E-state index < -0.39 is 10.0 Å². The van der Waals surface area contributed by atoms with Crippen molar-refractivity contribution in [2.24, 2.45) is 0 Å². The van der Waals surface area contributed by atoms with Gasteiger partial charge in [-0.15, -0.1) is 0 Å². The second-order valence-corrected chi connectivity index (χ2v) is 7.63. The van der Waals surface area contributed by atoms with Gasteiger partial charge in [-0.1, -0.05) is 60.7 Å². The molecule has 0 N–H and O–H groups in total. The fourth-order valence-corrected chi connectivity index (χ4v) is 3.22. The Morgan fingerprint density at radius 3 is 2.08 bits per heavy atom. The normalized spacial score (nSPS) is 11.8. The number of hydrogen-bond donors (Lipinski definition) is 0. The molecule has 0 radical (unpaired) electrons. The first-order valence-corrected chi connectivity index (χ1v) is 9.50. The Bertz CT molecular complexity index is 887. The van der Waals surface area contributed by atoms with E-state index in [-0.39, 0.29) is 6.54 Å². The van der Waals surface area contributed by atoms with Gasteiger partial charge in [-0.25, -0.2) is 8.42 Å². The van der Waals surface area contributed by atoms with E-state index >= 15 is 0 Å². The Morgan fingerprint density at radius 1 is 0.833 bits per heavy atom. The third-order valence-corrected chi connectivity index (χ3v) is 4.92. The van der Waals surface area contributed by atoms with E-state index in [2.05, 4.69) is 0 Å². The number of sulfonamides is 1. The first-order chi connectivity index (χ1) is 11.5. The number of nitrogens with zero attached hydrogens (tertiary/aromatic N) is 1. The van der Waals surface area contributed by atoms with Gasteiger partial charge in [0.25, 0.3) is 0 Å². The molecule has 0 saturated carbocycles. The summed E-state index contributed by atoms with van der Waals surface area (Å²) >= 11 is 0. The van der Waals surface area contributed by atoms with Crippen LogP contribution in [0.3, 0.4) is 0 Å². The molecule has 3 rings (SSSR count). The van der Waals surface area contributed by atoms with Gasteiger partial charge in [0.1, 0.15) is 11.5 Å². The first kappa shape index (κ1) is 16.5. The zero-order valence-corrected chi connectivity index (χ0v) is 14.2. The summed E-state index contributed by atoms with van der Waals surface area (Å²) in [7, 11) is -3.34. The molecular formula is C19H19NO3S. The zero-order chi connectivity index (χ0) is 17.0. The highest BCUT2D eigenvalue weighted by Gasteiger charge is 2.19. The van der Waals surface area contributed by atoms with Crippen LogP contribution in [0.15, 0.2) is 77.2 Å². The van der Waals surface area contributed by atoms with Gasteiger partial charge in [0.05, 0.1) is 12.8 Å². The van der Waals surface area contributed by atoms with Crippen molar-refractivity contribution >= 4 is 10.0 Å². The Labute approximate surface area is 142 Å². The van der Waals surface area contributed by atoms with Crippen molar-refractivity contribution in [3.63, 3.8) is 0 Å². The summed E-state index contributed by atoms with van der Waals surface area (Å²) < 4.78 is 31.4. The second-order valence-electron chi connectivity index (χ2n) is 5.65. The van der Waals surface area contributed by atoms with Crippen molar-refractivity contribution < 1.29 is 12.8 Å². The average Bonchev–Trinajstić information content (AvgIpc) is 3.04. The Hall–Kier alpha value is -2.37. The Kier molecular flexibility index (Phi) is 4.83. The van der Waals surface area contributed by atoms with E-state index in [9.17, 15) is 8.42 Å². The molecule has 0 aliphatic rings. The quantitative estimate of drug-likeness (QED) is 0.683. The van der Waals surface area contributed by atoms with Gasteiger partial charge in [0.2, 0.25) is 10.0 Å². The van der Waals surface area contributed by atoms with Crippen LogP contribution in [0.2, 0.25) is 0 Å². The van der Waals surface area contributed by atoms with Gasteiger partial charge >= 0.3 is 0 Å². The summed E-state index contributed by atoms with van der Waals surface area (Å²) in [6, 6.07) is 23.0. The van der Waals surface area contributed by atoms with E-state index in [1.807, 2.05) is 72.8 Å². The smallest absolute Gasteiger partial charge is 0.211 e. The van der Waals surface area contributed by atoms with Crippen molar-refractivity contribution in [3.8, 4) is 11.3 Å². The zero-order valence-electron chi connectivity index (χ0n) is 13.4. The predicted molar refractivity (Wildman–Crippen MR) is 94.7 cm³/mol. The van der Waals surface area contributed by atoms with Crippen molar-refractivity contribution in [1.82, 2.24) is 4.31 Å². The third-order valence-electron chi connectivity index (χ3n) is 3.72. The Balaban J connectivity index is 1.80. The lowest BCUT2D eigenvalue weighted by atomic mass is 10.2. The van der Waals surface area contributed by atoms with E-state index in [1.165, 1.54) is 10.6 Å². The largest absolute Gasteiger partial charge is 0.460 e. The molecule has 2 aromatic carbocycles. The summed E-state index contributed by atoms with van der Waals surface area (Å²) in [5, 5.41) is 0. The van der Waals surface area contributed by atoms with Gasteiger partial charge in [0.15, 0.2) is 0 Å². The first-order valence-electron chi connectivity index (χ1n) is 7.65. The molecule has 0 saturated heterocycles. The standard InChI is InChI=1S/C19H19NO3S/c1-24(21,22)20(14-16-8-4-2-5-9-16)15-18-12-13-19(23-18)17-10-6-3-7-11-17/h2-13H,14-15H2,1H3. The lowest BCUT2D eigenvalue weighted by Gasteiger charge is -2.18. The number of furan rings is 1. The van der Waals surface area contributed by atoms with Crippen LogP contribution in [0.1, 0.15) is 11.3 Å². The molecule has 3 aromatic rings. The summed E-state index contributed by atoms with van der Waals surface area (Å²) in [6.45, 7) is 0.529. The highest BCUT2D eigenvalue weighted by molar-refractivity contribution is 7.88. The van der Waals surface area contributed by atoms with E-state index in [1.54, 1.807) is 0 Å². The summed E-state index contributed by atoms with van der Waals surface area (Å²) in [5.74, 6) is 1.36. The van der Waals surface area contributed by atoms with Crippen molar-refractivity contribution in [1.29, 1.82) is 0 Å². The molecule has 0 unspecified atom stereocenters. The number of hydrogen-bond acceptors (Lipinski definition) is 3. The Morgan fingerprint density at radius 2 is 1.46 bits per heavy atom. The maximum atomic E-state index is 12.1. The topological polar surface area (TPSA) is 50.5 Å². The minimum Gasteiger partial charge on any atom is -0.460 e. The second kappa shape index (κ2) is 7.03. The monoisotopic (exact) mass is 341 g/mol. The molecule has 0 spiro atoms. The average molecular weight is 341 g/mol. The van der Waals surface area contributed by atoms with Gasteiger partial charge in [-0.3, -0.25) is 0 Å². The molecule has 4 nitrogen and oxygen atoms in total. The minimum atomic E-state index is -3.34. The van der Waals surface area contributed by atoms with Crippen LogP contribution in [-0.4, -0.2) is 19.0 Å². The van der Waals surface area contributed by atoms with Crippen LogP contribution < -0.4 is 0 Å². The number of rotatable bonds is 6. The van der Waals surface area contributed by atoms with Crippen molar-refractivity contribution in [3.05, 3.63) is 84.1 Å². The molecule has 0 aliphatic heterocycles.